The van der Waals surface area contributed by atoms with E-state index < -0.39 is 23.4 Å². The van der Waals surface area contributed by atoms with Gasteiger partial charge in [0.15, 0.2) is 0 Å². The maximum absolute atomic E-state index is 13.1. The van der Waals surface area contributed by atoms with E-state index in [4.69, 9.17) is 11.6 Å². The zero-order valence-electron chi connectivity index (χ0n) is 17.9. The molecule has 2 N–H and O–H groups in total. The van der Waals surface area contributed by atoms with Crippen LogP contribution < -0.4 is 15.6 Å². The Labute approximate surface area is 192 Å². The molecule has 8 nitrogen and oxygen atoms in total. The van der Waals surface area contributed by atoms with Crippen molar-refractivity contribution in [3.8, 4) is 0 Å². The summed E-state index contributed by atoms with van der Waals surface area (Å²) >= 11 is 5.96. The normalized spacial score (nSPS) is 21.6. The molecule has 2 aromatic rings. The van der Waals surface area contributed by atoms with Crippen molar-refractivity contribution in [3.05, 3.63) is 65.2 Å². The van der Waals surface area contributed by atoms with Crippen LogP contribution in [0, 0.1) is 0 Å². The minimum Gasteiger partial charge on any atom is -0.369 e. The number of nitrogens with zero attached hydrogens (tertiary/aromatic N) is 3. The molecule has 2 aromatic carbocycles. The van der Waals surface area contributed by atoms with Crippen molar-refractivity contribution in [2.24, 2.45) is 0 Å². The Bertz CT molecular complexity index is 992. The first kappa shape index (κ1) is 22.1. The summed E-state index contributed by atoms with van der Waals surface area (Å²) in [4.78, 5) is 42.5. The van der Waals surface area contributed by atoms with Crippen LogP contribution in [0.4, 0.5) is 10.5 Å². The molecule has 0 aromatic heterocycles. The number of benzene rings is 2. The lowest BCUT2D eigenvalue weighted by molar-refractivity contribution is -0.139. The highest BCUT2D eigenvalue weighted by atomic mass is 35.5. The monoisotopic (exact) mass is 455 g/mol. The number of hydrogen-bond acceptors (Lipinski definition) is 5. The zero-order chi connectivity index (χ0) is 22.7. The first-order valence-electron chi connectivity index (χ1n) is 10.7. The molecule has 0 aliphatic carbocycles. The minimum atomic E-state index is -1.17. The molecule has 4 amide bonds. The number of piperazine rings is 1. The first-order valence-corrected chi connectivity index (χ1v) is 11.1. The Kier molecular flexibility index (Phi) is 6.34. The summed E-state index contributed by atoms with van der Waals surface area (Å²) in [5.41, 5.74) is 3.11. The van der Waals surface area contributed by atoms with Crippen LogP contribution >= 0.6 is 11.6 Å². The SMILES string of the molecule is CCC1(c2ccccc2)NC(=O)N(NC(=O)CN2CCN(c3ccc(Cl)cc3)CC2)C1=O. The fourth-order valence-electron chi connectivity index (χ4n) is 4.22. The van der Waals surface area contributed by atoms with Crippen molar-refractivity contribution in [1.82, 2.24) is 20.7 Å². The summed E-state index contributed by atoms with van der Waals surface area (Å²) in [6.45, 7) is 4.86. The number of carbonyl (C=O) groups is 3. The number of nitrogens with one attached hydrogen (secondary N) is 2. The number of hydrogen-bond donors (Lipinski definition) is 2. The molecule has 0 bridgehead atoms. The average molecular weight is 456 g/mol. The van der Waals surface area contributed by atoms with Crippen molar-refractivity contribution < 1.29 is 14.4 Å². The quantitative estimate of drug-likeness (QED) is 0.653. The summed E-state index contributed by atoms with van der Waals surface area (Å²) in [5.74, 6) is -0.870. The largest absolute Gasteiger partial charge is 0.369 e. The Hall–Kier alpha value is -3.10. The van der Waals surface area contributed by atoms with Gasteiger partial charge in [-0.1, -0.05) is 48.9 Å². The van der Waals surface area contributed by atoms with Gasteiger partial charge >= 0.3 is 6.03 Å². The molecule has 2 aliphatic heterocycles. The van der Waals surface area contributed by atoms with Crippen LogP contribution in [0.15, 0.2) is 54.6 Å². The molecule has 4 rings (SSSR count). The van der Waals surface area contributed by atoms with E-state index in [9.17, 15) is 14.4 Å². The fraction of sp³-hybridized carbons (Fsp3) is 0.348. The Morgan fingerprint density at radius 2 is 1.69 bits per heavy atom. The zero-order valence-corrected chi connectivity index (χ0v) is 18.6. The molecule has 168 valence electrons. The van der Waals surface area contributed by atoms with Gasteiger partial charge in [0, 0.05) is 36.9 Å². The van der Waals surface area contributed by atoms with Gasteiger partial charge in [-0.2, -0.15) is 5.01 Å². The second-order valence-corrected chi connectivity index (χ2v) is 8.41. The van der Waals surface area contributed by atoms with Crippen LogP contribution in [0.3, 0.4) is 0 Å². The molecule has 9 heteroatoms. The van der Waals surface area contributed by atoms with Crippen molar-refractivity contribution in [2.45, 2.75) is 18.9 Å². The molecule has 1 atom stereocenters. The van der Waals surface area contributed by atoms with Gasteiger partial charge in [-0.15, -0.1) is 0 Å². The van der Waals surface area contributed by atoms with Gasteiger partial charge in [0.1, 0.15) is 5.54 Å². The first-order chi connectivity index (χ1) is 15.4. The number of carbonyl (C=O) groups excluding carboxylic acids is 3. The van der Waals surface area contributed by atoms with Gasteiger partial charge in [-0.05, 0) is 36.2 Å². The van der Waals surface area contributed by atoms with E-state index in [1.165, 1.54) is 0 Å². The summed E-state index contributed by atoms with van der Waals surface area (Å²) in [6.07, 6.45) is 0.376. The van der Waals surface area contributed by atoms with Crippen molar-refractivity contribution >= 4 is 35.1 Å². The van der Waals surface area contributed by atoms with Crippen molar-refractivity contribution in [3.63, 3.8) is 0 Å². The number of anilines is 1. The molecule has 1 unspecified atom stereocenters. The van der Waals surface area contributed by atoms with E-state index in [2.05, 4.69) is 15.6 Å². The highest BCUT2D eigenvalue weighted by Crippen LogP contribution is 2.31. The summed E-state index contributed by atoms with van der Waals surface area (Å²) in [6, 6.07) is 16.1. The predicted molar refractivity (Wildman–Crippen MR) is 122 cm³/mol. The van der Waals surface area contributed by atoms with E-state index in [1.807, 2.05) is 54.3 Å². The maximum Gasteiger partial charge on any atom is 0.344 e. The number of amides is 4. The molecule has 0 saturated carbocycles. The van der Waals surface area contributed by atoms with Crippen LogP contribution in [-0.2, 0) is 15.1 Å². The van der Waals surface area contributed by atoms with E-state index in [-0.39, 0.29) is 6.54 Å². The van der Waals surface area contributed by atoms with E-state index >= 15 is 0 Å². The molecule has 0 spiro atoms. The Morgan fingerprint density at radius 1 is 1.03 bits per heavy atom. The van der Waals surface area contributed by atoms with Crippen molar-refractivity contribution in [1.29, 1.82) is 0 Å². The second-order valence-electron chi connectivity index (χ2n) is 7.97. The van der Waals surface area contributed by atoms with Crippen LogP contribution in [0.25, 0.3) is 0 Å². The van der Waals surface area contributed by atoms with E-state index in [0.29, 0.717) is 30.1 Å². The van der Waals surface area contributed by atoms with Crippen LogP contribution in [-0.4, -0.2) is 60.5 Å². The molecule has 2 aliphatic rings. The van der Waals surface area contributed by atoms with Gasteiger partial charge in [0.2, 0.25) is 0 Å². The molecule has 2 fully saturated rings. The average Bonchev–Trinajstić information content (AvgIpc) is 3.06. The molecule has 2 heterocycles. The number of hydrazine groups is 1. The second kappa shape index (κ2) is 9.18. The standard InChI is InChI=1S/C23H26ClN5O3/c1-2-23(17-6-4-3-5-7-17)21(31)29(22(32)25-23)26-20(30)16-27-12-14-28(15-13-27)19-10-8-18(24)9-11-19/h3-11H,2,12-16H2,1H3,(H,25,32)(H,26,30). The number of halogens is 1. The third-order valence-electron chi connectivity index (χ3n) is 6.06. The molecular formula is C23H26ClN5O3. The summed E-state index contributed by atoms with van der Waals surface area (Å²) in [7, 11) is 0. The van der Waals surface area contributed by atoms with Gasteiger partial charge < -0.3 is 10.2 Å². The van der Waals surface area contributed by atoms with Crippen LogP contribution in [0.2, 0.25) is 5.02 Å². The summed E-state index contributed by atoms with van der Waals surface area (Å²) in [5, 5.41) is 4.27. The summed E-state index contributed by atoms with van der Waals surface area (Å²) < 4.78 is 0. The molecule has 0 radical (unpaired) electrons. The van der Waals surface area contributed by atoms with Crippen molar-refractivity contribution in [2.75, 3.05) is 37.6 Å². The van der Waals surface area contributed by atoms with Gasteiger partial charge in [0.25, 0.3) is 11.8 Å². The molecule has 2 saturated heterocycles. The highest BCUT2D eigenvalue weighted by Gasteiger charge is 2.52. The topological polar surface area (TPSA) is 85.0 Å². The Morgan fingerprint density at radius 3 is 2.31 bits per heavy atom. The van der Waals surface area contributed by atoms with Crippen LogP contribution in [0.1, 0.15) is 18.9 Å². The van der Waals surface area contributed by atoms with Gasteiger partial charge in [-0.25, -0.2) is 4.79 Å². The lowest BCUT2D eigenvalue weighted by Gasteiger charge is -2.35. The van der Waals surface area contributed by atoms with Gasteiger partial charge in [0.05, 0.1) is 6.54 Å². The number of imide groups is 1. The Balaban J connectivity index is 1.34. The number of urea groups is 1. The van der Waals surface area contributed by atoms with E-state index in [1.54, 1.807) is 12.1 Å². The minimum absolute atomic E-state index is 0.107. The lowest BCUT2D eigenvalue weighted by atomic mass is 9.87. The number of rotatable bonds is 6. The third kappa shape index (κ3) is 4.28. The maximum atomic E-state index is 13.1. The molecule has 32 heavy (non-hydrogen) atoms. The van der Waals surface area contributed by atoms with Crippen LogP contribution in [0.5, 0.6) is 0 Å². The third-order valence-corrected chi connectivity index (χ3v) is 6.31. The smallest absolute Gasteiger partial charge is 0.344 e. The van der Waals surface area contributed by atoms with Gasteiger partial charge in [-0.3, -0.25) is 19.9 Å². The fourth-order valence-corrected chi connectivity index (χ4v) is 4.34. The van der Waals surface area contributed by atoms with E-state index in [0.717, 1.165) is 23.8 Å². The predicted octanol–water partition coefficient (Wildman–Crippen LogP) is 2.35. The molecular weight excluding hydrogens is 430 g/mol. The highest BCUT2D eigenvalue weighted by molar-refractivity contribution is 6.30. The lowest BCUT2D eigenvalue weighted by Crippen LogP contribution is -2.53.